The lowest BCUT2D eigenvalue weighted by molar-refractivity contribution is -0.385. The Bertz CT molecular complexity index is 786. The number of ketones is 1. The van der Waals surface area contributed by atoms with Gasteiger partial charge in [-0.1, -0.05) is 42.5 Å². The van der Waals surface area contributed by atoms with Crippen LogP contribution in [0.1, 0.15) is 36.6 Å². The smallest absolute Gasteiger partial charge is 0.269 e. The molecule has 0 amide bonds. The Hall–Kier alpha value is -2.95. The van der Waals surface area contributed by atoms with Crippen molar-refractivity contribution < 1.29 is 9.72 Å². The van der Waals surface area contributed by atoms with E-state index in [0.717, 1.165) is 11.1 Å². The molecule has 3 rings (SSSR count). The van der Waals surface area contributed by atoms with Crippen LogP contribution in [0.25, 0.3) is 0 Å². The maximum absolute atomic E-state index is 11.9. The summed E-state index contributed by atoms with van der Waals surface area (Å²) in [4.78, 5) is 24.7. The first kappa shape index (κ1) is 15.9. The van der Waals surface area contributed by atoms with Crippen LogP contribution in [0, 0.1) is 10.1 Å². The Morgan fingerprint density at radius 3 is 2.62 bits per heavy atom. The molecule has 1 aliphatic heterocycles. The number of non-ortho nitro benzene ring substituents is 1. The molecule has 0 bridgehead atoms. The Morgan fingerprint density at radius 1 is 1.17 bits per heavy atom. The van der Waals surface area contributed by atoms with Crippen LogP contribution in [0.4, 0.5) is 5.69 Å². The molecule has 0 spiro atoms. The molecule has 0 aliphatic carbocycles. The van der Waals surface area contributed by atoms with Crippen LogP contribution >= 0.6 is 0 Å². The summed E-state index contributed by atoms with van der Waals surface area (Å²) in [7, 11) is 0. The van der Waals surface area contributed by atoms with Gasteiger partial charge in [-0.05, 0) is 24.1 Å². The number of benzene rings is 2. The average Bonchev–Trinajstić information content (AvgIpc) is 2.62. The minimum atomic E-state index is -0.408. The molecule has 0 aromatic heterocycles. The van der Waals surface area contributed by atoms with Crippen LogP contribution in [0.3, 0.4) is 0 Å². The maximum Gasteiger partial charge on any atom is 0.269 e. The van der Waals surface area contributed by atoms with E-state index < -0.39 is 4.92 Å². The van der Waals surface area contributed by atoms with Gasteiger partial charge in [0.2, 0.25) is 0 Å². The van der Waals surface area contributed by atoms with Crippen molar-refractivity contribution in [2.45, 2.75) is 25.4 Å². The summed E-state index contributed by atoms with van der Waals surface area (Å²) in [6, 6.07) is 16.4. The van der Waals surface area contributed by atoms with E-state index >= 15 is 0 Å². The summed E-state index contributed by atoms with van der Waals surface area (Å²) in [6.45, 7) is 2.07. The topological polar surface area (TPSA) is 63.5 Å². The van der Waals surface area contributed by atoms with Gasteiger partial charge in [-0.25, -0.2) is 0 Å². The van der Waals surface area contributed by atoms with Gasteiger partial charge in [0.05, 0.1) is 17.0 Å². The van der Waals surface area contributed by atoms with E-state index in [4.69, 9.17) is 0 Å². The van der Waals surface area contributed by atoms with E-state index in [-0.39, 0.29) is 23.6 Å². The van der Waals surface area contributed by atoms with Gasteiger partial charge < -0.3 is 4.90 Å². The second-order valence-corrected chi connectivity index (χ2v) is 5.89. The molecule has 1 heterocycles. The lowest BCUT2D eigenvalue weighted by Crippen LogP contribution is -2.31. The van der Waals surface area contributed by atoms with Crippen LogP contribution < -0.4 is 0 Å². The number of carbonyl (C=O) groups excluding carboxylic acids is 1. The monoisotopic (exact) mass is 322 g/mol. The molecular weight excluding hydrogens is 304 g/mol. The predicted octanol–water partition coefficient (Wildman–Crippen LogP) is 4.19. The number of hydrogen-bond acceptors (Lipinski definition) is 4. The highest BCUT2D eigenvalue weighted by Crippen LogP contribution is 2.36. The van der Waals surface area contributed by atoms with Crippen molar-refractivity contribution in [3.63, 3.8) is 0 Å². The summed E-state index contributed by atoms with van der Waals surface area (Å²) in [5, 5.41) is 11.0. The zero-order valence-corrected chi connectivity index (χ0v) is 13.3. The van der Waals surface area contributed by atoms with Crippen molar-refractivity contribution in [2.75, 3.05) is 0 Å². The lowest BCUT2D eigenvalue weighted by atomic mass is 9.94. The molecule has 0 saturated carbocycles. The van der Waals surface area contributed by atoms with Crippen LogP contribution in [0.15, 0.2) is 66.9 Å². The fraction of sp³-hybridized carbons (Fsp3) is 0.211. The Labute approximate surface area is 140 Å². The molecule has 2 aromatic rings. The lowest BCUT2D eigenvalue weighted by Gasteiger charge is -2.38. The summed E-state index contributed by atoms with van der Waals surface area (Å²) < 4.78 is 0. The van der Waals surface area contributed by atoms with Crippen LogP contribution in [-0.2, 0) is 4.79 Å². The summed E-state index contributed by atoms with van der Waals surface area (Å²) in [5.41, 5.74) is 1.96. The Kier molecular flexibility index (Phi) is 4.42. The first-order valence-electron chi connectivity index (χ1n) is 7.84. The zero-order valence-electron chi connectivity index (χ0n) is 13.3. The molecule has 0 N–H and O–H groups in total. The molecular formula is C19H18N2O3. The van der Waals surface area contributed by atoms with E-state index in [1.54, 1.807) is 24.4 Å². The first-order valence-corrected chi connectivity index (χ1v) is 7.84. The van der Waals surface area contributed by atoms with E-state index in [2.05, 4.69) is 11.8 Å². The second kappa shape index (κ2) is 6.66. The van der Waals surface area contributed by atoms with Gasteiger partial charge in [-0.3, -0.25) is 14.9 Å². The van der Waals surface area contributed by atoms with Gasteiger partial charge in [-0.2, -0.15) is 0 Å². The molecule has 2 aromatic carbocycles. The third kappa shape index (κ3) is 3.20. The third-order valence-electron chi connectivity index (χ3n) is 4.38. The highest BCUT2D eigenvalue weighted by molar-refractivity contribution is 5.91. The number of rotatable bonds is 4. The molecule has 0 saturated heterocycles. The number of nitro groups is 1. The van der Waals surface area contributed by atoms with Gasteiger partial charge in [-0.15, -0.1) is 0 Å². The van der Waals surface area contributed by atoms with E-state index in [9.17, 15) is 14.9 Å². The van der Waals surface area contributed by atoms with Crippen molar-refractivity contribution in [1.29, 1.82) is 0 Å². The SMILES string of the molecule is C[C@@H](c1ccccc1)N1C=CC(=O)C[C@@H]1c1cccc([N+](=O)[O-])c1. The minimum Gasteiger partial charge on any atom is -0.363 e. The Balaban J connectivity index is 1.97. The summed E-state index contributed by atoms with van der Waals surface area (Å²) in [6.07, 6.45) is 3.69. The molecule has 24 heavy (non-hydrogen) atoms. The first-order chi connectivity index (χ1) is 11.6. The fourth-order valence-electron chi connectivity index (χ4n) is 3.08. The van der Waals surface area contributed by atoms with Crippen LogP contribution in [0.2, 0.25) is 0 Å². The molecule has 2 atom stereocenters. The number of carbonyl (C=O) groups is 1. The molecule has 5 heteroatoms. The average molecular weight is 322 g/mol. The summed E-state index contributed by atoms with van der Waals surface area (Å²) in [5.74, 6) is 0.0306. The quantitative estimate of drug-likeness (QED) is 0.625. The van der Waals surface area contributed by atoms with Gasteiger partial charge in [0.25, 0.3) is 5.69 Å². The van der Waals surface area contributed by atoms with Crippen LogP contribution in [-0.4, -0.2) is 15.6 Å². The van der Waals surface area contributed by atoms with Crippen molar-refractivity contribution in [3.8, 4) is 0 Å². The van der Waals surface area contributed by atoms with Gasteiger partial charge in [0.15, 0.2) is 5.78 Å². The molecule has 5 nitrogen and oxygen atoms in total. The maximum atomic E-state index is 11.9. The fourth-order valence-corrected chi connectivity index (χ4v) is 3.08. The molecule has 122 valence electrons. The van der Waals surface area contributed by atoms with Crippen molar-refractivity contribution >= 4 is 11.5 Å². The number of nitrogens with zero attached hydrogens (tertiary/aromatic N) is 2. The zero-order chi connectivity index (χ0) is 17.1. The largest absolute Gasteiger partial charge is 0.363 e. The highest BCUT2D eigenvalue weighted by Gasteiger charge is 2.29. The van der Waals surface area contributed by atoms with Crippen LogP contribution in [0.5, 0.6) is 0 Å². The minimum absolute atomic E-state index is 0.0306. The normalized spacial score (nSPS) is 18.5. The molecule has 0 fully saturated rings. The van der Waals surface area contributed by atoms with Gasteiger partial charge >= 0.3 is 0 Å². The number of hydrogen-bond donors (Lipinski definition) is 0. The Morgan fingerprint density at radius 2 is 1.92 bits per heavy atom. The van der Waals surface area contributed by atoms with E-state index in [1.165, 1.54) is 6.07 Å². The standard InChI is InChI=1S/C19H18N2O3/c1-14(15-6-3-2-4-7-15)20-11-10-18(22)13-19(20)16-8-5-9-17(12-16)21(23)24/h2-12,14,19H,13H2,1H3/t14-,19+/m0/s1. The van der Waals surface area contributed by atoms with E-state index in [1.807, 2.05) is 36.4 Å². The predicted molar refractivity (Wildman–Crippen MR) is 91.3 cm³/mol. The molecule has 0 radical (unpaired) electrons. The third-order valence-corrected chi connectivity index (χ3v) is 4.38. The van der Waals surface area contributed by atoms with Crippen molar-refractivity contribution in [1.82, 2.24) is 4.90 Å². The highest BCUT2D eigenvalue weighted by atomic mass is 16.6. The number of allylic oxidation sites excluding steroid dienone is 1. The molecule has 0 unspecified atom stereocenters. The van der Waals surface area contributed by atoms with E-state index in [0.29, 0.717) is 6.42 Å². The number of nitro benzene ring substituents is 1. The molecule has 1 aliphatic rings. The second-order valence-electron chi connectivity index (χ2n) is 5.89. The van der Waals surface area contributed by atoms with Crippen molar-refractivity contribution in [3.05, 3.63) is 88.1 Å². The van der Waals surface area contributed by atoms with Gasteiger partial charge in [0.1, 0.15) is 0 Å². The van der Waals surface area contributed by atoms with Gasteiger partial charge in [0, 0.05) is 24.8 Å². The summed E-state index contributed by atoms with van der Waals surface area (Å²) >= 11 is 0. The van der Waals surface area contributed by atoms with Crippen molar-refractivity contribution in [2.24, 2.45) is 0 Å².